The summed E-state index contributed by atoms with van der Waals surface area (Å²) in [6.45, 7) is 0. The van der Waals surface area contributed by atoms with Gasteiger partial charge in [-0.15, -0.1) is 0 Å². The van der Waals surface area contributed by atoms with E-state index in [9.17, 15) is 9.59 Å². The third-order valence-electron chi connectivity index (χ3n) is 4.63. The topological polar surface area (TPSA) is 76.0 Å². The highest BCUT2D eigenvalue weighted by atomic mass is 16.2. The molecular weight excluding hydrogens is 328 g/mol. The van der Waals surface area contributed by atoms with E-state index >= 15 is 0 Å². The first-order chi connectivity index (χ1) is 12.6. The lowest BCUT2D eigenvalue weighted by atomic mass is 9.91. The van der Waals surface area contributed by atoms with Crippen molar-refractivity contribution in [1.82, 2.24) is 20.2 Å². The molecule has 1 saturated carbocycles. The zero-order chi connectivity index (χ0) is 18.4. The van der Waals surface area contributed by atoms with Gasteiger partial charge in [0.25, 0.3) is 5.91 Å². The summed E-state index contributed by atoms with van der Waals surface area (Å²) in [5.74, 6) is -0.219. The first-order valence-corrected chi connectivity index (χ1v) is 8.92. The van der Waals surface area contributed by atoms with E-state index in [1.807, 2.05) is 30.3 Å². The molecule has 1 aliphatic carbocycles. The molecule has 3 rings (SSSR count). The molecule has 2 N–H and O–H groups in total. The van der Waals surface area contributed by atoms with Crippen LogP contribution in [0, 0.1) is 0 Å². The highest BCUT2D eigenvalue weighted by Gasteiger charge is 2.25. The van der Waals surface area contributed by atoms with Gasteiger partial charge in [0, 0.05) is 25.2 Å². The predicted molar refractivity (Wildman–Crippen MR) is 100 cm³/mol. The number of amides is 2. The van der Waals surface area contributed by atoms with Gasteiger partial charge in [-0.05, 0) is 37.3 Å². The Morgan fingerprint density at radius 2 is 1.88 bits per heavy atom. The number of aryl methyl sites for hydroxylation is 1. The fourth-order valence-corrected chi connectivity index (χ4v) is 3.27. The van der Waals surface area contributed by atoms with Gasteiger partial charge in [-0.3, -0.25) is 9.59 Å². The van der Waals surface area contributed by atoms with Crippen LogP contribution in [0.4, 0.5) is 0 Å². The van der Waals surface area contributed by atoms with Crippen LogP contribution in [0.3, 0.4) is 0 Å². The van der Waals surface area contributed by atoms with E-state index in [-0.39, 0.29) is 23.9 Å². The minimum atomic E-state index is -0.119. The SMILES string of the molecule is Cn1cncc1C(=O)N[C@@H]1CCC[C@@H](NC(=O)C=Cc2ccccc2)C1. The molecule has 6 heteroatoms. The Hall–Kier alpha value is -2.89. The lowest BCUT2D eigenvalue weighted by Gasteiger charge is -2.30. The molecule has 0 unspecified atom stereocenters. The predicted octanol–water partition coefficient (Wildman–Crippen LogP) is 2.29. The maximum atomic E-state index is 12.3. The molecule has 26 heavy (non-hydrogen) atoms. The molecule has 1 heterocycles. The molecule has 0 aliphatic heterocycles. The van der Waals surface area contributed by atoms with Crippen molar-refractivity contribution in [2.24, 2.45) is 7.05 Å². The number of imidazole rings is 1. The number of carbonyl (C=O) groups is 2. The molecule has 1 fully saturated rings. The monoisotopic (exact) mass is 352 g/mol. The summed E-state index contributed by atoms with van der Waals surface area (Å²) in [6.07, 6.45) is 10.1. The number of rotatable bonds is 5. The number of carbonyl (C=O) groups excluding carboxylic acids is 2. The third kappa shape index (κ3) is 4.81. The minimum absolute atomic E-state index is 0.0644. The summed E-state index contributed by atoms with van der Waals surface area (Å²) in [5.41, 5.74) is 1.54. The van der Waals surface area contributed by atoms with Crippen LogP contribution in [-0.2, 0) is 11.8 Å². The molecule has 1 aliphatic rings. The number of nitrogens with one attached hydrogen (secondary N) is 2. The number of nitrogens with zero attached hydrogens (tertiary/aromatic N) is 2. The van der Waals surface area contributed by atoms with Gasteiger partial charge < -0.3 is 15.2 Å². The fourth-order valence-electron chi connectivity index (χ4n) is 3.27. The van der Waals surface area contributed by atoms with Crippen LogP contribution in [-0.4, -0.2) is 33.4 Å². The number of hydrogen-bond donors (Lipinski definition) is 2. The normalized spacial score (nSPS) is 20.0. The second-order valence-electron chi connectivity index (χ2n) is 6.68. The average molecular weight is 352 g/mol. The van der Waals surface area contributed by atoms with Crippen LogP contribution >= 0.6 is 0 Å². The molecule has 136 valence electrons. The molecule has 0 radical (unpaired) electrons. The van der Waals surface area contributed by atoms with E-state index in [1.54, 1.807) is 36.3 Å². The summed E-state index contributed by atoms with van der Waals surface area (Å²) in [5, 5.41) is 6.10. The van der Waals surface area contributed by atoms with Crippen molar-refractivity contribution in [3.05, 3.63) is 60.2 Å². The van der Waals surface area contributed by atoms with Gasteiger partial charge in [-0.1, -0.05) is 30.3 Å². The standard InChI is InChI=1S/C20H24N4O2/c1-24-14-21-13-18(24)20(26)23-17-9-5-8-16(12-17)22-19(25)11-10-15-6-3-2-4-7-15/h2-4,6-7,10-11,13-14,16-17H,5,8-9,12H2,1H3,(H,22,25)(H,23,26)/t16-,17-/m1/s1. The lowest BCUT2D eigenvalue weighted by molar-refractivity contribution is -0.117. The summed E-state index contributed by atoms with van der Waals surface area (Å²) >= 11 is 0. The van der Waals surface area contributed by atoms with Crippen molar-refractivity contribution in [1.29, 1.82) is 0 Å². The molecule has 0 saturated heterocycles. The van der Waals surface area contributed by atoms with Gasteiger partial charge >= 0.3 is 0 Å². The second-order valence-corrected chi connectivity index (χ2v) is 6.68. The first-order valence-electron chi connectivity index (χ1n) is 8.92. The van der Waals surface area contributed by atoms with Crippen LogP contribution in [0.25, 0.3) is 6.08 Å². The van der Waals surface area contributed by atoms with Gasteiger partial charge in [0.15, 0.2) is 0 Å². The highest BCUT2D eigenvalue weighted by Crippen LogP contribution is 2.19. The highest BCUT2D eigenvalue weighted by molar-refractivity contribution is 5.93. The number of hydrogen-bond acceptors (Lipinski definition) is 3. The van der Waals surface area contributed by atoms with Gasteiger partial charge in [-0.25, -0.2) is 4.98 Å². The number of aromatic nitrogens is 2. The fraction of sp³-hybridized carbons (Fsp3) is 0.350. The molecule has 2 amide bonds. The van der Waals surface area contributed by atoms with Gasteiger partial charge in [0.05, 0.1) is 12.5 Å². The lowest BCUT2D eigenvalue weighted by Crippen LogP contribution is -2.45. The van der Waals surface area contributed by atoms with Crippen LogP contribution in [0.1, 0.15) is 41.7 Å². The van der Waals surface area contributed by atoms with Crippen molar-refractivity contribution in [2.75, 3.05) is 0 Å². The second kappa shape index (κ2) is 8.47. The van der Waals surface area contributed by atoms with Gasteiger partial charge in [0.2, 0.25) is 5.91 Å². The molecule has 0 bridgehead atoms. The maximum absolute atomic E-state index is 12.3. The molecular formula is C20H24N4O2. The van der Waals surface area contributed by atoms with Crippen molar-refractivity contribution < 1.29 is 9.59 Å². The quantitative estimate of drug-likeness (QED) is 0.811. The van der Waals surface area contributed by atoms with E-state index in [2.05, 4.69) is 15.6 Å². The molecule has 6 nitrogen and oxygen atoms in total. The Kier molecular flexibility index (Phi) is 5.84. The summed E-state index contributed by atoms with van der Waals surface area (Å²) in [6, 6.07) is 9.87. The van der Waals surface area contributed by atoms with E-state index in [0.29, 0.717) is 5.69 Å². The summed E-state index contributed by atoms with van der Waals surface area (Å²) in [7, 11) is 1.80. The largest absolute Gasteiger partial charge is 0.350 e. The number of benzene rings is 1. The van der Waals surface area contributed by atoms with E-state index < -0.39 is 0 Å². The maximum Gasteiger partial charge on any atom is 0.269 e. The molecule has 2 atom stereocenters. The van der Waals surface area contributed by atoms with Crippen molar-refractivity contribution in [3.63, 3.8) is 0 Å². The van der Waals surface area contributed by atoms with Crippen LogP contribution in [0.2, 0.25) is 0 Å². The van der Waals surface area contributed by atoms with Crippen molar-refractivity contribution in [3.8, 4) is 0 Å². The third-order valence-corrected chi connectivity index (χ3v) is 4.63. The van der Waals surface area contributed by atoms with E-state index in [4.69, 9.17) is 0 Å². The van der Waals surface area contributed by atoms with Crippen LogP contribution in [0.15, 0.2) is 48.9 Å². The van der Waals surface area contributed by atoms with Crippen LogP contribution < -0.4 is 10.6 Å². The molecule has 0 spiro atoms. The van der Waals surface area contributed by atoms with Crippen molar-refractivity contribution in [2.45, 2.75) is 37.8 Å². The van der Waals surface area contributed by atoms with Crippen molar-refractivity contribution >= 4 is 17.9 Å². The van der Waals surface area contributed by atoms with E-state index in [1.165, 1.54) is 0 Å². The minimum Gasteiger partial charge on any atom is -0.350 e. The molecule has 2 aromatic rings. The van der Waals surface area contributed by atoms with Crippen LogP contribution in [0.5, 0.6) is 0 Å². The Morgan fingerprint density at radius 1 is 1.15 bits per heavy atom. The molecule has 1 aromatic carbocycles. The zero-order valence-electron chi connectivity index (χ0n) is 14.9. The van der Waals surface area contributed by atoms with Gasteiger partial charge in [0.1, 0.15) is 5.69 Å². The first kappa shape index (κ1) is 17.9. The Labute approximate surface area is 153 Å². The molecule has 1 aromatic heterocycles. The summed E-state index contributed by atoms with van der Waals surface area (Å²) in [4.78, 5) is 28.4. The van der Waals surface area contributed by atoms with Gasteiger partial charge in [-0.2, -0.15) is 0 Å². The summed E-state index contributed by atoms with van der Waals surface area (Å²) < 4.78 is 1.70. The van der Waals surface area contributed by atoms with E-state index in [0.717, 1.165) is 31.2 Å². The Bertz CT molecular complexity index is 782. The average Bonchev–Trinajstić information content (AvgIpc) is 3.07. The Balaban J connectivity index is 1.50. The zero-order valence-corrected chi connectivity index (χ0v) is 14.9. The smallest absolute Gasteiger partial charge is 0.269 e. The Morgan fingerprint density at radius 3 is 2.58 bits per heavy atom.